The van der Waals surface area contributed by atoms with Gasteiger partial charge in [0.25, 0.3) is 0 Å². The molecule has 0 aliphatic carbocycles. The summed E-state index contributed by atoms with van der Waals surface area (Å²) in [5.41, 5.74) is 0. The minimum Gasteiger partial charge on any atom is -0.319 e. The molecule has 2 heteroatoms. The van der Waals surface area contributed by atoms with E-state index in [2.05, 4.69) is 0 Å². The van der Waals surface area contributed by atoms with Gasteiger partial charge in [-0.15, -0.1) is 0 Å². The van der Waals surface area contributed by atoms with Crippen LogP contribution in [-0.4, -0.2) is 11.6 Å². The number of nitrogens with two attached hydrogens (primary N) is 1. The molecule has 0 aromatic heterocycles. The van der Waals surface area contributed by atoms with Crippen molar-refractivity contribution in [2.45, 2.75) is 13.8 Å². The maximum Gasteiger partial charge on any atom is 0.0306 e. The third-order valence-corrected chi connectivity index (χ3v) is 0.706. The van der Waals surface area contributed by atoms with Crippen LogP contribution in [0, 0.1) is 0 Å². The van der Waals surface area contributed by atoms with Crippen LogP contribution >= 0.6 is 0 Å². The maximum atomic E-state index is 5.33. The van der Waals surface area contributed by atoms with Gasteiger partial charge in [-0.25, -0.2) is 5.84 Å². The highest BCUT2D eigenvalue weighted by Crippen LogP contribution is 1.74. The highest BCUT2D eigenvalue weighted by atomic mass is 15.4. The van der Waals surface area contributed by atoms with E-state index in [9.17, 15) is 0 Å². The molecule has 0 saturated heterocycles. The summed E-state index contributed by atoms with van der Waals surface area (Å²) in [4.78, 5) is 0. The minimum absolute atomic E-state index is 0.865. The van der Waals surface area contributed by atoms with Crippen LogP contribution in [-0.2, 0) is 0 Å². The van der Waals surface area contributed by atoms with Crippen LogP contribution in [0.5, 0.6) is 0 Å². The maximum absolute atomic E-state index is 5.33. The van der Waals surface area contributed by atoms with Crippen LogP contribution in [0.4, 0.5) is 0 Å². The second kappa shape index (κ2) is 3.68. The third-order valence-electron chi connectivity index (χ3n) is 0.706. The first-order valence-electron chi connectivity index (χ1n) is 2.45. The summed E-state index contributed by atoms with van der Waals surface area (Å²) in [5, 5.41) is 1.62. The van der Waals surface area contributed by atoms with Crippen molar-refractivity contribution in [2.24, 2.45) is 5.84 Å². The molecule has 0 aromatic carbocycles. The van der Waals surface area contributed by atoms with Gasteiger partial charge in [0.05, 0.1) is 0 Å². The number of nitrogens with zero attached hydrogens (tertiary/aromatic N) is 1. The van der Waals surface area contributed by atoms with E-state index in [0.717, 1.165) is 6.54 Å². The van der Waals surface area contributed by atoms with E-state index < -0.39 is 0 Å². The topological polar surface area (TPSA) is 29.3 Å². The van der Waals surface area contributed by atoms with Crippen molar-refractivity contribution < 1.29 is 0 Å². The summed E-state index contributed by atoms with van der Waals surface area (Å²) in [7, 11) is 0. The summed E-state index contributed by atoms with van der Waals surface area (Å²) >= 11 is 0. The monoisotopic (exact) mass is 100 g/mol. The molecule has 0 heterocycles. The molecule has 0 spiro atoms. The van der Waals surface area contributed by atoms with E-state index >= 15 is 0 Å². The molecule has 0 amide bonds. The second-order valence-corrected chi connectivity index (χ2v) is 1.31. The Labute approximate surface area is 44.6 Å². The number of hydrazine groups is 1. The molecule has 0 aliphatic rings. The van der Waals surface area contributed by atoms with E-state index in [1.54, 1.807) is 5.01 Å². The van der Waals surface area contributed by atoms with Gasteiger partial charge in [0.2, 0.25) is 0 Å². The fraction of sp³-hybridized carbons (Fsp3) is 0.600. The first-order valence-corrected chi connectivity index (χ1v) is 2.45. The molecule has 42 valence electrons. The van der Waals surface area contributed by atoms with Crippen LogP contribution in [0.25, 0.3) is 0 Å². The van der Waals surface area contributed by atoms with Crippen LogP contribution in [0.15, 0.2) is 12.3 Å². The Kier molecular flexibility index (Phi) is 3.42. The molecule has 0 unspecified atom stereocenters. The van der Waals surface area contributed by atoms with Gasteiger partial charge in [-0.2, -0.15) is 0 Å². The Morgan fingerprint density at radius 3 is 2.43 bits per heavy atom. The fourth-order valence-electron chi connectivity index (χ4n) is 0.297. The van der Waals surface area contributed by atoms with Gasteiger partial charge >= 0.3 is 0 Å². The van der Waals surface area contributed by atoms with Gasteiger partial charge in [-0.05, 0) is 13.8 Å². The molecule has 2 N–H and O–H groups in total. The highest BCUT2D eigenvalue weighted by Gasteiger charge is 1.77. The van der Waals surface area contributed by atoms with E-state index in [-0.39, 0.29) is 0 Å². The van der Waals surface area contributed by atoms with Crippen molar-refractivity contribution in [3.63, 3.8) is 0 Å². The zero-order valence-electron chi connectivity index (χ0n) is 4.89. The quantitative estimate of drug-likeness (QED) is 0.409. The van der Waals surface area contributed by atoms with E-state index in [0.29, 0.717) is 0 Å². The molecule has 7 heavy (non-hydrogen) atoms. The molecule has 0 bridgehead atoms. The van der Waals surface area contributed by atoms with E-state index in [1.165, 1.54) is 0 Å². The SMILES string of the molecule is C/C=C\N(N)CC. The first-order chi connectivity index (χ1) is 3.31. The summed E-state index contributed by atoms with van der Waals surface area (Å²) in [6.07, 6.45) is 3.74. The van der Waals surface area contributed by atoms with Crippen LogP contribution < -0.4 is 5.84 Å². The lowest BCUT2D eigenvalue weighted by atomic mass is 10.6. The van der Waals surface area contributed by atoms with Crippen LogP contribution in [0.1, 0.15) is 13.8 Å². The molecule has 0 rings (SSSR count). The van der Waals surface area contributed by atoms with Crippen molar-refractivity contribution in [3.8, 4) is 0 Å². The van der Waals surface area contributed by atoms with Gasteiger partial charge in [0, 0.05) is 12.7 Å². The van der Waals surface area contributed by atoms with Gasteiger partial charge in [0.15, 0.2) is 0 Å². The minimum atomic E-state index is 0.865. The largest absolute Gasteiger partial charge is 0.319 e. The normalized spacial score (nSPS) is 10.1. The smallest absolute Gasteiger partial charge is 0.0306 e. The predicted octanol–water partition coefficient (Wildman–Crippen LogP) is 0.716. The van der Waals surface area contributed by atoms with Gasteiger partial charge in [-0.1, -0.05) is 6.08 Å². The zero-order valence-corrected chi connectivity index (χ0v) is 4.89. The zero-order chi connectivity index (χ0) is 5.70. The summed E-state index contributed by atoms with van der Waals surface area (Å²) in [6, 6.07) is 0. The van der Waals surface area contributed by atoms with Crippen molar-refractivity contribution in [1.82, 2.24) is 5.01 Å². The molecule has 0 fully saturated rings. The average molecular weight is 100 g/mol. The highest BCUT2D eigenvalue weighted by molar-refractivity contribution is 4.72. The van der Waals surface area contributed by atoms with E-state index in [1.807, 2.05) is 26.1 Å². The van der Waals surface area contributed by atoms with Gasteiger partial charge in [0.1, 0.15) is 0 Å². The molecule has 0 radical (unpaired) electrons. The number of hydrogen-bond acceptors (Lipinski definition) is 2. The Hall–Kier alpha value is -0.500. The van der Waals surface area contributed by atoms with Gasteiger partial charge < -0.3 is 5.01 Å². The van der Waals surface area contributed by atoms with Crippen molar-refractivity contribution in [1.29, 1.82) is 0 Å². The van der Waals surface area contributed by atoms with Crippen LogP contribution in [0.2, 0.25) is 0 Å². The second-order valence-electron chi connectivity index (χ2n) is 1.31. The predicted molar refractivity (Wildman–Crippen MR) is 31.4 cm³/mol. The average Bonchev–Trinajstić information content (AvgIpc) is 1.68. The summed E-state index contributed by atoms with van der Waals surface area (Å²) < 4.78 is 0. The Bertz CT molecular complexity index is 59.1. The first kappa shape index (κ1) is 6.50. The Morgan fingerprint density at radius 2 is 2.29 bits per heavy atom. The standard InChI is InChI=1S/C5H12N2/c1-3-5-7(6)4-2/h3,5H,4,6H2,1-2H3/b5-3-. The molecule has 0 saturated carbocycles. The fourth-order valence-corrected chi connectivity index (χ4v) is 0.297. The molecule has 2 nitrogen and oxygen atoms in total. The van der Waals surface area contributed by atoms with E-state index in [4.69, 9.17) is 5.84 Å². The number of hydrogen-bond donors (Lipinski definition) is 1. The lowest BCUT2D eigenvalue weighted by molar-refractivity contribution is 0.416. The molecular formula is C5H12N2. The Balaban J connectivity index is 3.16. The summed E-state index contributed by atoms with van der Waals surface area (Å²) in [6.45, 7) is 4.81. The lowest BCUT2D eigenvalue weighted by Gasteiger charge is -2.07. The third kappa shape index (κ3) is 3.33. The Morgan fingerprint density at radius 1 is 1.71 bits per heavy atom. The van der Waals surface area contributed by atoms with Crippen molar-refractivity contribution >= 4 is 0 Å². The number of allylic oxidation sites excluding steroid dienone is 1. The number of rotatable bonds is 2. The summed E-state index contributed by atoms with van der Waals surface area (Å²) in [5.74, 6) is 5.33. The van der Waals surface area contributed by atoms with Crippen LogP contribution in [0.3, 0.4) is 0 Å². The van der Waals surface area contributed by atoms with Crippen molar-refractivity contribution in [3.05, 3.63) is 12.3 Å². The molecular weight excluding hydrogens is 88.1 g/mol. The van der Waals surface area contributed by atoms with Gasteiger partial charge in [-0.3, -0.25) is 0 Å². The molecule has 0 atom stereocenters. The molecule has 0 aromatic rings. The van der Waals surface area contributed by atoms with Crippen molar-refractivity contribution in [2.75, 3.05) is 6.54 Å². The lowest BCUT2D eigenvalue weighted by Crippen LogP contribution is -2.23. The molecule has 0 aliphatic heterocycles.